The Kier molecular flexibility index (Phi) is 5.73. The van der Waals surface area contributed by atoms with Crippen molar-refractivity contribution >= 4 is 16.8 Å². The normalized spacial score (nSPS) is 25.7. The number of nitrogens with zero attached hydrogens (tertiary/aromatic N) is 1. The van der Waals surface area contributed by atoms with Crippen LogP contribution in [0.25, 0.3) is 22.0 Å². The number of rotatable bonds is 3. The molecule has 0 aliphatic carbocycles. The average molecular weight is 423 g/mol. The summed E-state index contributed by atoms with van der Waals surface area (Å²) in [6, 6.07) is 10.5. The molecule has 1 aliphatic rings. The van der Waals surface area contributed by atoms with Crippen LogP contribution in [0, 0.1) is 11.8 Å². The molecule has 5 atom stereocenters. The van der Waals surface area contributed by atoms with Gasteiger partial charge in [-0.25, -0.2) is 0 Å². The van der Waals surface area contributed by atoms with Crippen molar-refractivity contribution < 1.29 is 30.0 Å². The van der Waals surface area contributed by atoms with E-state index in [0.717, 1.165) is 16.5 Å². The molecule has 0 saturated carbocycles. The predicted octanol–water partition coefficient (Wildman–Crippen LogP) is -0.477. The zero-order valence-electron chi connectivity index (χ0n) is 16.3. The minimum absolute atomic E-state index is 0.374. The summed E-state index contributed by atoms with van der Waals surface area (Å²) in [6.07, 6.45) is -4.91. The standard InChI is InChI=1S/C22H21N3O6/c23-22(30)13-3-1-2-11(6-13)14-7-12(18-15(8-14)9-24-25-18)4-5-16-19(27)21(29)20(28)17(10-26)31-16/h1-3,6-9,16-17,19-21,26-29H,10H2,(H2,23,30)(H,24,25)/t16-,17-,19-,20-,21-/m1/s1. The molecule has 0 radical (unpaired) electrons. The van der Waals surface area contributed by atoms with Crippen molar-refractivity contribution in [1.29, 1.82) is 0 Å². The summed E-state index contributed by atoms with van der Waals surface area (Å²) in [7, 11) is 0. The quantitative estimate of drug-likeness (QED) is 0.310. The van der Waals surface area contributed by atoms with Gasteiger partial charge in [-0.3, -0.25) is 9.89 Å². The average Bonchev–Trinajstić information content (AvgIpc) is 3.26. The van der Waals surface area contributed by atoms with Crippen molar-refractivity contribution in [2.75, 3.05) is 6.61 Å². The Morgan fingerprint density at radius 3 is 2.68 bits per heavy atom. The van der Waals surface area contributed by atoms with Crippen LogP contribution in [-0.2, 0) is 4.74 Å². The molecule has 9 nitrogen and oxygen atoms in total. The molecule has 160 valence electrons. The first-order chi connectivity index (χ1) is 14.9. The molecule has 31 heavy (non-hydrogen) atoms. The van der Waals surface area contributed by atoms with Crippen molar-refractivity contribution in [2.24, 2.45) is 5.73 Å². The zero-order valence-corrected chi connectivity index (χ0v) is 16.3. The molecule has 1 amide bonds. The van der Waals surface area contributed by atoms with Gasteiger partial charge >= 0.3 is 0 Å². The number of carbonyl (C=O) groups excluding carboxylic acids is 1. The molecule has 1 aromatic heterocycles. The van der Waals surface area contributed by atoms with Gasteiger partial charge in [-0.2, -0.15) is 5.10 Å². The van der Waals surface area contributed by atoms with Gasteiger partial charge < -0.3 is 30.9 Å². The van der Waals surface area contributed by atoms with E-state index in [1.165, 1.54) is 0 Å². The Morgan fingerprint density at radius 2 is 1.94 bits per heavy atom. The number of aromatic amines is 1. The van der Waals surface area contributed by atoms with Crippen LogP contribution in [0.4, 0.5) is 0 Å². The maximum absolute atomic E-state index is 11.5. The van der Waals surface area contributed by atoms with E-state index in [2.05, 4.69) is 22.0 Å². The van der Waals surface area contributed by atoms with Crippen LogP contribution in [0.1, 0.15) is 15.9 Å². The van der Waals surface area contributed by atoms with E-state index in [0.29, 0.717) is 16.6 Å². The van der Waals surface area contributed by atoms with Crippen LogP contribution in [0.5, 0.6) is 0 Å². The van der Waals surface area contributed by atoms with Gasteiger partial charge in [0.25, 0.3) is 0 Å². The highest BCUT2D eigenvalue weighted by Gasteiger charge is 2.42. The molecule has 1 aliphatic heterocycles. The fourth-order valence-corrected chi connectivity index (χ4v) is 3.54. The molecule has 7 N–H and O–H groups in total. The molecular weight excluding hydrogens is 402 g/mol. The van der Waals surface area contributed by atoms with Crippen LogP contribution in [-0.4, -0.2) is 73.7 Å². The molecule has 0 spiro atoms. The topological polar surface area (TPSA) is 162 Å². The summed E-state index contributed by atoms with van der Waals surface area (Å²) in [5, 5.41) is 47.1. The van der Waals surface area contributed by atoms with E-state index in [9.17, 15) is 25.2 Å². The molecule has 0 unspecified atom stereocenters. The number of H-pyrrole nitrogens is 1. The Balaban J connectivity index is 1.73. The highest BCUT2D eigenvalue weighted by molar-refractivity contribution is 5.95. The van der Waals surface area contributed by atoms with E-state index < -0.39 is 43.0 Å². The number of aliphatic hydroxyl groups is 4. The summed E-state index contributed by atoms with van der Waals surface area (Å²) in [6.45, 7) is -0.528. The molecule has 4 rings (SSSR count). The van der Waals surface area contributed by atoms with Crippen molar-refractivity contribution in [3.63, 3.8) is 0 Å². The monoisotopic (exact) mass is 423 g/mol. The van der Waals surface area contributed by atoms with E-state index in [1.807, 2.05) is 12.1 Å². The minimum Gasteiger partial charge on any atom is -0.394 e. The van der Waals surface area contributed by atoms with Gasteiger partial charge in [-0.15, -0.1) is 0 Å². The second kappa shape index (κ2) is 8.47. The Morgan fingerprint density at radius 1 is 1.13 bits per heavy atom. The summed E-state index contributed by atoms with van der Waals surface area (Å²) in [4.78, 5) is 11.5. The van der Waals surface area contributed by atoms with Crippen LogP contribution < -0.4 is 5.73 Å². The Hall–Kier alpha value is -3.26. The molecule has 0 bridgehead atoms. The van der Waals surface area contributed by atoms with E-state index in [1.54, 1.807) is 30.5 Å². The fraction of sp³-hybridized carbons (Fsp3) is 0.273. The third kappa shape index (κ3) is 4.03. The molecule has 2 heterocycles. The first-order valence-electron chi connectivity index (χ1n) is 9.58. The van der Waals surface area contributed by atoms with Crippen LogP contribution >= 0.6 is 0 Å². The lowest BCUT2D eigenvalue weighted by molar-refractivity contribution is -0.214. The first kappa shape index (κ1) is 21.0. The lowest BCUT2D eigenvalue weighted by Crippen LogP contribution is -2.58. The molecule has 1 fully saturated rings. The number of ether oxygens (including phenoxy) is 1. The van der Waals surface area contributed by atoms with Crippen molar-refractivity contribution in [3.05, 3.63) is 53.7 Å². The number of aromatic nitrogens is 2. The number of carbonyl (C=O) groups is 1. The largest absolute Gasteiger partial charge is 0.394 e. The summed E-state index contributed by atoms with van der Waals surface area (Å²) in [5.74, 6) is 5.16. The van der Waals surface area contributed by atoms with Gasteiger partial charge in [0.1, 0.15) is 30.5 Å². The maximum atomic E-state index is 11.5. The zero-order chi connectivity index (χ0) is 22.1. The number of nitrogens with two attached hydrogens (primary N) is 1. The minimum atomic E-state index is -1.50. The lowest BCUT2D eigenvalue weighted by Gasteiger charge is -2.37. The SMILES string of the molecule is NC(=O)c1cccc(-c2cc(C#C[C@H]3O[C@H](CO)[C@@H](O)[C@H](O)[C@@H]3O)c3[nH]ncc3c2)c1. The Bertz CT molecular complexity index is 1180. The van der Waals surface area contributed by atoms with E-state index >= 15 is 0 Å². The number of aliphatic hydroxyl groups excluding tert-OH is 4. The number of fused-ring (bicyclic) bond motifs is 1. The Labute approximate surface area is 177 Å². The van der Waals surface area contributed by atoms with Gasteiger partial charge in [0, 0.05) is 10.9 Å². The van der Waals surface area contributed by atoms with Crippen molar-refractivity contribution in [1.82, 2.24) is 10.2 Å². The highest BCUT2D eigenvalue weighted by atomic mass is 16.5. The third-order valence-electron chi connectivity index (χ3n) is 5.27. The smallest absolute Gasteiger partial charge is 0.248 e. The number of hydrogen-bond acceptors (Lipinski definition) is 7. The number of nitrogens with one attached hydrogen (secondary N) is 1. The van der Waals surface area contributed by atoms with Gasteiger partial charge in [-0.05, 0) is 35.4 Å². The molecule has 1 saturated heterocycles. The van der Waals surface area contributed by atoms with E-state index in [4.69, 9.17) is 10.5 Å². The predicted molar refractivity (Wildman–Crippen MR) is 111 cm³/mol. The maximum Gasteiger partial charge on any atom is 0.248 e. The second-order valence-corrected chi connectivity index (χ2v) is 7.32. The number of amides is 1. The fourth-order valence-electron chi connectivity index (χ4n) is 3.54. The molecular formula is C22H21N3O6. The highest BCUT2D eigenvalue weighted by Crippen LogP contribution is 2.27. The molecule has 9 heteroatoms. The second-order valence-electron chi connectivity index (χ2n) is 7.32. The van der Waals surface area contributed by atoms with Crippen LogP contribution in [0.2, 0.25) is 0 Å². The van der Waals surface area contributed by atoms with Crippen molar-refractivity contribution in [2.45, 2.75) is 30.5 Å². The first-order valence-corrected chi connectivity index (χ1v) is 9.58. The van der Waals surface area contributed by atoms with E-state index in [-0.39, 0.29) is 0 Å². The van der Waals surface area contributed by atoms with Gasteiger partial charge in [0.2, 0.25) is 5.91 Å². The van der Waals surface area contributed by atoms with Crippen molar-refractivity contribution in [3.8, 4) is 23.0 Å². The molecule has 2 aromatic carbocycles. The number of hydrogen-bond donors (Lipinski definition) is 6. The number of benzene rings is 2. The van der Waals surface area contributed by atoms with Crippen LogP contribution in [0.3, 0.4) is 0 Å². The molecule has 3 aromatic rings. The third-order valence-corrected chi connectivity index (χ3v) is 5.27. The van der Waals surface area contributed by atoms with Crippen LogP contribution in [0.15, 0.2) is 42.6 Å². The van der Waals surface area contributed by atoms with Gasteiger partial charge in [-0.1, -0.05) is 24.0 Å². The summed E-state index contributed by atoms with van der Waals surface area (Å²) >= 11 is 0. The van der Waals surface area contributed by atoms with Gasteiger partial charge in [0.05, 0.1) is 23.9 Å². The summed E-state index contributed by atoms with van der Waals surface area (Å²) < 4.78 is 5.44. The number of primary amides is 1. The van der Waals surface area contributed by atoms with Gasteiger partial charge in [0.15, 0.2) is 0 Å². The summed E-state index contributed by atoms with van der Waals surface area (Å²) in [5.41, 5.74) is 8.50. The lowest BCUT2D eigenvalue weighted by atomic mass is 9.95.